The Morgan fingerprint density at radius 2 is 2.00 bits per heavy atom. The van der Waals surface area contributed by atoms with Crippen LogP contribution in [0.4, 0.5) is 0 Å². The molecule has 3 heteroatoms. The van der Waals surface area contributed by atoms with E-state index in [-0.39, 0.29) is 17.2 Å². The van der Waals surface area contributed by atoms with E-state index in [2.05, 4.69) is 20.8 Å². The van der Waals surface area contributed by atoms with E-state index in [0.717, 1.165) is 0 Å². The molecule has 0 aliphatic carbocycles. The fourth-order valence-corrected chi connectivity index (χ4v) is 0.630. The molecular weight excluding hydrogens is 142 g/mol. The predicted molar refractivity (Wildman–Crippen MR) is 43.2 cm³/mol. The van der Waals surface area contributed by atoms with Gasteiger partial charge >= 0.3 is 0 Å². The lowest BCUT2D eigenvalue weighted by Crippen LogP contribution is -2.26. The molecule has 2 N–H and O–H groups in total. The lowest BCUT2D eigenvalue weighted by Gasteiger charge is -2.26. The van der Waals surface area contributed by atoms with Gasteiger partial charge in [0, 0.05) is 6.42 Å². The zero-order valence-corrected chi connectivity index (χ0v) is 7.64. The van der Waals surface area contributed by atoms with Gasteiger partial charge in [0.2, 0.25) is 5.91 Å². The topological polar surface area (TPSA) is 49.3 Å². The minimum absolute atomic E-state index is 0.118. The quantitative estimate of drug-likeness (QED) is 0.474. The van der Waals surface area contributed by atoms with Crippen molar-refractivity contribution in [3.8, 4) is 0 Å². The summed E-state index contributed by atoms with van der Waals surface area (Å²) in [5.41, 5.74) is 1.75. The van der Waals surface area contributed by atoms with Crippen LogP contribution in [0.1, 0.15) is 34.1 Å². The Balaban J connectivity index is 3.87. The van der Waals surface area contributed by atoms with E-state index in [0.29, 0.717) is 6.42 Å². The van der Waals surface area contributed by atoms with Crippen molar-refractivity contribution in [3.05, 3.63) is 0 Å². The molecule has 66 valence electrons. The van der Waals surface area contributed by atoms with Gasteiger partial charge in [0.25, 0.3) is 0 Å². The molecule has 0 saturated carbocycles. The van der Waals surface area contributed by atoms with Crippen molar-refractivity contribution in [3.63, 3.8) is 0 Å². The van der Waals surface area contributed by atoms with E-state index in [1.807, 2.05) is 6.92 Å². The van der Waals surface area contributed by atoms with Gasteiger partial charge in [0.1, 0.15) is 0 Å². The van der Waals surface area contributed by atoms with Crippen LogP contribution in [0.25, 0.3) is 0 Å². The normalized spacial score (nSPS) is 14.3. The molecule has 11 heavy (non-hydrogen) atoms. The number of rotatable bonds is 2. The third kappa shape index (κ3) is 3.98. The highest BCUT2D eigenvalue weighted by Crippen LogP contribution is 2.27. The van der Waals surface area contributed by atoms with Gasteiger partial charge in [-0.15, -0.1) is 0 Å². The molecule has 0 heterocycles. The summed E-state index contributed by atoms with van der Waals surface area (Å²) in [6.07, 6.45) is 0.375. The zero-order chi connectivity index (χ0) is 9.07. The average molecular weight is 159 g/mol. The number of hydrogen-bond acceptors (Lipinski definition) is 2. The smallest absolute Gasteiger partial charge is 0.243 e. The first-order valence-corrected chi connectivity index (χ1v) is 3.81. The number of hydrogen-bond donors (Lipinski definition) is 2. The first-order valence-electron chi connectivity index (χ1n) is 3.81. The maximum absolute atomic E-state index is 10.7. The molecule has 0 fully saturated rings. The maximum Gasteiger partial charge on any atom is 0.243 e. The number of carbonyl (C=O) groups excluding carboxylic acids is 1. The van der Waals surface area contributed by atoms with Crippen LogP contribution in [0.2, 0.25) is 0 Å². The molecule has 0 aliphatic rings. The van der Waals surface area contributed by atoms with E-state index in [9.17, 15) is 4.79 Å². The Morgan fingerprint density at radius 3 is 2.27 bits per heavy atom. The third-order valence-electron chi connectivity index (χ3n) is 2.09. The molecule has 0 aliphatic heterocycles. The van der Waals surface area contributed by atoms with Crippen LogP contribution < -0.4 is 5.48 Å². The van der Waals surface area contributed by atoms with Gasteiger partial charge in [0.05, 0.1) is 0 Å². The molecule has 0 aromatic carbocycles. The molecule has 0 rings (SSSR count). The average Bonchev–Trinajstić information content (AvgIpc) is 1.85. The number of hydroxylamine groups is 1. The first-order chi connectivity index (χ1) is 4.88. The Morgan fingerprint density at radius 1 is 1.55 bits per heavy atom. The van der Waals surface area contributed by atoms with Gasteiger partial charge < -0.3 is 0 Å². The fraction of sp³-hybridized carbons (Fsp3) is 0.875. The van der Waals surface area contributed by atoms with Crippen LogP contribution in [0.3, 0.4) is 0 Å². The van der Waals surface area contributed by atoms with Gasteiger partial charge in [-0.05, 0) is 11.3 Å². The van der Waals surface area contributed by atoms with E-state index in [1.54, 1.807) is 5.48 Å². The zero-order valence-electron chi connectivity index (χ0n) is 7.64. The van der Waals surface area contributed by atoms with Crippen molar-refractivity contribution in [1.29, 1.82) is 0 Å². The van der Waals surface area contributed by atoms with E-state index in [4.69, 9.17) is 5.21 Å². The van der Waals surface area contributed by atoms with Gasteiger partial charge in [-0.25, -0.2) is 5.48 Å². The summed E-state index contributed by atoms with van der Waals surface area (Å²) >= 11 is 0. The van der Waals surface area contributed by atoms with Crippen LogP contribution in [0.5, 0.6) is 0 Å². The highest BCUT2D eigenvalue weighted by molar-refractivity contribution is 5.74. The molecule has 1 amide bonds. The van der Waals surface area contributed by atoms with Gasteiger partial charge in [-0.1, -0.05) is 27.7 Å². The van der Waals surface area contributed by atoms with Crippen molar-refractivity contribution in [1.82, 2.24) is 5.48 Å². The highest BCUT2D eigenvalue weighted by Gasteiger charge is 2.21. The van der Waals surface area contributed by atoms with Crippen LogP contribution in [0, 0.1) is 11.3 Å². The summed E-state index contributed by atoms with van der Waals surface area (Å²) in [5.74, 6) is -0.0397. The summed E-state index contributed by atoms with van der Waals surface area (Å²) in [6.45, 7) is 8.21. The second-order valence-corrected chi connectivity index (χ2v) is 4.01. The number of carbonyl (C=O) groups is 1. The van der Waals surface area contributed by atoms with Crippen LogP contribution in [-0.2, 0) is 4.79 Å². The Hall–Kier alpha value is -0.570. The van der Waals surface area contributed by atoms with E-state index >= 15 is 0 Å². The molecule has 0 aromatic rings. The number of amides is 1. The molecule has 3 nitrogen and oxygen atoms in total. The summed E-state index contributed by atoms with van der Waals surface area (Å²) in [4.78, 5) is 10.7. The van der Waals surface area contributed by atoms with Crippen molar-refractivity contribution >= 4 is 5.91 Å². The Bertz CT molecular complexity index is 138. The summed E-state index contributed by atoms with van der Waals surface area (Å²) in [6, 6.07) is 0. The summed E-state index contributed by atoms with van der Waals surface area (Å²) < 4.78 is 0. The minimum atomic E-state index is -0.313. The predicted octanol–water partition coefficient (Wildman–Crippen LogP) is 1.56. The van der Waals surface area contributed by atoms with E-state index < -0.39 is 0 Å². The van der Waals surface area contributed by atoms with Crippen molar-refractivity contribution in [2.45, 2.75) is 34.1 Å². The summed E-state index contributed by atoms with van der Waals surface area (Å²) in [7, 11) is 0. The molecule has 0 bridgehead atoms. The van der Waals surface area contributed by atoms with Crippen LogP contribution >= 0.6 is 0 Å². The monoisotopic (exact) mass is 159 g/mol. The van der Waals surface area contributed by atoms with Crippen molar-refractivity contribution in [2.24, 2.45) is 11.3 Å². The second kappa shape index (κ2) is 3.72. The summed E-state index contributed by atoms with van der Waals surface area (Å²) in [5, 5.41) is 8.25. The van der Waals surface area contributed by atoms with Crippen molar-refractivity contribution in [2.75, 3.05) is 0 Å². The maximum atomic E-state index is 10.7. The molecule has 1 unspecified atom stereocenters. The minimum Gasteiger partial charge on any atom is -0.289 e. The molecular formula is C8H17NO2. The standard InChI is InChI=1S/C8H17NO2/c1-6(8(2,3)4)5-7(10)9-11/h6,11H,5H2,1-4H3,(H,9,10). The molecule has 0 aromatic heterocycles. The lowest BCUT2D eigenvalue weighted by molar-refractivity contribution is -0.130. The van der Waals surface area contributed by atoms with Crippen LogP contribution in [-0.4, -0.2) is 11.1 Å². The van der Waals surface area contributed by atoms with Gasteiger partial charge in [-0.3, -0.25) is 10.0 Å². The Labute approximate surface area is 67.8 Å². The first kappa shape index (κ1) is 10.4. The van der Waals surface area contributed by atoms with Crippen LogP contribution in [0.15, 0.2) is 0 Å². The lowest BCUT2D eigenvalue weighted by atomic mass is 9.80. The molecule has 0 radical (unpaired) electrons. The number of nitrogens with one attached hydrogen (secondary N) is 1. The fourth-order valence-electron chi connectivity index (χ4n) is 0.630. The second-order valence-electron chi connectivity index (χ2n) is 4.01. The van der Waals surface area contributed by atoms with Gasteiger partial charge in [0.15, 0.2) is 0 Å². The van der Waals surface area contributed by atoms with E-state index in [1.165, 1.54) is 0 Å². The molecule has 0 saturated heterocycles. The largest absolute Gasteiger partial charge is 0.289 e. The SMILES string of the molecule is CC(CC(=O)NO)C(C)(C)C. The molecule has 0 spiro atoms. The molecule has 1 atom stereocenters. The third-order valence-corrected chi connectivity index (χ3v) is 2.09. The Kier molecular flexibility index (Phi) is 3.52. The van der Waals surface area contributed by atoms with Gasteiger partial charge in [-0.2, -0.15) is 0 Å². The van der Waals surface area contributed by atoms with Crippen molar-refractivity contribution < 1.29 is 10.0 Å². The highest BCUT2D eigenvalue weighted by atomic mass is 16.5.